The number of anilines is 1. The second-order valence-electron chi connectivity index (χ2n) is 6.62. The highest BCUT2D eigenvalue weighted by molar-refractivity contribution is 5.31. The minimum atomic E-state index is 0.650. The van der Waals surface area contributed by atoms with Crippen molar-refractivity contribution in [1.29, 1.82) is 0 Å². The molecule has 0 amide bonds. The number of nitrogens with one attached hydrogen (secondary N) is 1. The van der Waals surface area contributed by atoms with E-state index in [1.807, 2.05) is 0 Å². The third-order valence-corrected chi connectivity index (χ3v) is 4.53. The maximum atomic E-state index is 5.92. The van der Waals surface area contributed by atoms with E-state index < -0.39 is 0 Å². The lowest BCUT2D eigenvalue weighted by Crippen LogP contribution is -2.33. The second-order valence-corrected chi connectivity index (χ2v) is 6.62. The molecule has 0 atom stereocenters. The topological polar surface area (TPSA) is 72.0 Å². The summed E-state index contributed by atoms with van der Waals surface area (Å²) in [6, 6.07) is 6.37. The number of aromatic nitrogens is 4. The van der Waals surface area contributed by atoms with Crippen LogP contribution in [0.3, 0.4) is 0 Å². The van der Waals surface area contributed by atoms with Crippen molar-refractivity contribution >= 4 is 5.82 Å². The summed E-state index contributed by atoms with van der Waals surface area (Å²) >= 11 is 0. The van der Waals surface area contributed by atoms with E-state index in [1.165, 1.54) is 5.69 Å². The minimum absolute atomic E-state index is 0.650. The summed E-state index contributed by atoms with van der Waals surface area (Å²) in [6.07, 6.45) is 7.18. The highest BCUT2D eigenvalue weighted by Gasteiger charge is 2.19. The summed E-state index contributed by atoms with van der Waals surface area (Å²) in [5.74, 6) is 2.90. The molecule has 0 unspecified atom stereocenters. The average Bonchev–Trinajstić information content (AvgIpc) is 3.27. The van der Waals surface area contributed by atoms with Crippen molar-refractivity contribution in [2.24, 2.45) is 0 Å². The largest absolute Gasteiger partial charge is 0.465 e. The van der Waals surface area contributed by atoms with E-state index >= 15 is 0 Å². The van der Waals surface area contributed by atoms with Crippen LogP contribution in [-0.4, -0.2) is 31.2 Å². The van der Waals surface area contributed by atoms with Crippen molar-refractivity contribution in [3.63, 3.8) is 0 Å². The van der Waals surface area contributed by atoms with Gasteiger partial charge in [-0.15, -0.1) is 0 Å². The Morgan fingerprint density at radius 1 is 1.19 bits per heavy atom. The van der Waals surface area contributed by atoms with E-state index in [2.05, 4.69) is 50.0 Å². The van der Waals surface area contributed by atoms with Gasteiger partial charge in [0.05, 0.1) is 37.2 Å². The minimum Gasteiger partial charge on any atom is -0.465 e. The number of hydrogen-bond acceptors (Lipinski definition) is 6. The van der Waals surface area contributed by atoms with Crippen LogP contribution in [0.15, 0.2) is 41.2 Å². The van der Waals surface area contributed by atoms with Crippen molar-refractivity contribution in [2.75, 3.05) is 11.9 Å². The lowest BCUT2D eigenvalue weighted by molar-refractivity contribution is 0.189. The molecular formula is C19H24N6O. The quantitative estimate of drug-likeness (QED) is 0.705. The van der Waals surface area contributed by atoms with Crippen molar-refractivity contribution in [3.05, 3.63) is 59.7 Å². The monoisotopic (exact) mass is 352 g/mol. The highest BCUT2D eigenvalue weighted by Crippen LogP contribution is 2.18. The van der Waals surface area contributed by atoms with Crippen LogP contribution in [0.1, 0.15) is 36.3 Å². The molecule has 1 aliphatic heterocycles. The van der Waals surface area contributed by atoms with E-state index in [0.29, 0.717) is 6.54 Å². The van der Waals surface area contributed by atoms with Crippen LogP contribution < -0.4 is 5.32 Å². The highest BCUT2D eigenvalue weighted by atomic mass is 16.3. The molecule has 0 radical (unpaired) electrons. The summed E-state index contributed by atoms with van der Waals surface area (Å²) in [5, 5.41) is 7.95. The van der Waals surface area contributed by atoms with Gasteiger partial charge in [0.2, 0.25) is 0 Å². The molecule has 0 saturated heterocycles. The fraction of sp³-hybridized carbons (Fsp3) is 0.421. The first kappa shape index (κ1) is 16.8. The van der Waals surface area contributed by atoms with Gasteiger partial charge in [-0.25, -0.2) is 4.98 Å². The molecule has 0 fully saturated rings. The first-order valence-corrected chi connectivity index (χ1v) is 9.15. The van der Waals surface area contributed by atoms with Gasteiger partial charge < -0.3 is 9.73 Å². The van der Waals surface area contributed by atoms with Gasteiger partial charge in [-0.05, 0) is 24.6 Å². The van der Waals surface area contributed by atoms with Crippen molar-refractivity contribution < 1.29 is 4.42 Å². The molecule has 3 aromatic rings. The zero-order valence-corrected chi connectivity index (χ0v) is 15.1. The Balaban J connectivity index is 1.35. The third-order valence-electron chi connectivity index (χ3n) is 4.53. The lowest BCUT2D eigenvalue weighted by Gasteiger charge is -2.26. The summed E-state index contributed by atoms with van der Waals surface area (Å²) in [7, 11) is 0. The molecular weight excluding hydrogens is 328 g/mol. The van der Waals surface area contributed by atoms with E-state index in [4.69, 9.17) is 9.52 Å². The van der Waals surface area contributed by atoms with E-state index in [-0.39, 0.29) is 0 Å². The molecule has 0 bridgehead atoms. The Kier molecular flexibility index (Phi) is 4.97. The Bertz CT molecular complexity index is 841. The molecule has 1 N–H and O–H groups in total. The predicted molar refractivity (Wildman–Crippen MR) is 98.4 cm³/mol. The standard InChI is InChI=1S/C19H24N6O/c1-2-3-17-4-5-18(26-17)14-24-8-9-25-16(13-24)10-15(23-25)11-22-19-12-20-6-7-21-19/h4-7,10,12H,2-3,8-9,11,13-14H2,1H3,(H,21,22). The Morgan fingerprint density at radius 2 is 2.12 bits per heavy atom. The number of furan rings is 1. The summed E-state index contributed by atoms with van der Waals surface area (Å²) in [5.41, 5.74) is 2.27. The van der Waals surface area contributed by atoms with E-state index in [0.717, 1.165) is 62.1 Å². The molecule has 0 saturated carbocycles. The van der Waals surface area contributed by atoms with Crippen LogP contribution in [0.5, 0.6) is 0 Å². The van der Waals surface area contributed by atoms with Crippen LogP contribution >= 0.6 is 0 Å². The number of hydrogen-bond donors (Lipinski definition) is 1. The van der Waals surface area contributed by atoms with E-state index in [1.54, 1.807) is 18.6 Å². The van der Waals surface area contributed by atoms with Crippen molar-refractivity contribution in [3.8, 4) is 0 Å². The molecule has 4 heterocycles. The Hall–Kier alpha value is -2.67. The summed E-state index contributed by atoms with van der Waals surface area (Å²) in [6.45, 7) is 6.45. The third kappa shape index (κ3) is 3.94. The molecule has 26 heavy (non-hydrogen) atoms. The van der Waals surface area contributed by atoms with Gasteiger partial charge in [-0.1, -0.05) is 6.92 Å². The zero-order chi connectivity index (χ0) is 17.8. The van der Waals surface area contributed by atoms with Crippen LogP contribution in [0.2, 0.25) is 0 Å². The molecule has 0 spiro atoms. The molecule has 3 aromatic heterocycles. The molecule has 0 aromatic carbocycles. The number of nitrogens with zero attached hydrogens (tertiary/aromatic N) is 5. The molecule has 1 aliphatic rings. The second kappa shape index (κ2) is 7.70. The average molecular weight is 352 g/mol. The molecule has 0 aliphatic carbocycles. The Morgan fingerprint density at radius 3 is 2.96 bits per heavy atom. The van der Waals surface area contributed by atoms with Gasteiger partial charge in [0.1, 0.15) is 17.3 Å². The number of rotatable bonds is 7. The molecule has 7 heteroatoms. The van der Waals surface area contributed by atoms with Crippen LogP contribution in [0, 0.1) is 0 Å². The van der Waals surface area contributed by atoms with Gasteiger partial charge in [0, 0.05) is 31.9 Å². The molecule has 4 rings (SSSR count). The van der Waals surface area contributed by atoms with Gasteiger partial charge >= 0.3 is 0 Å². The van der Waals surface area contributed by atoms with Crippen LogP contribution in [0.4, 0.5) is 5.82 Å². The van der Waals surface area contributed by atoms with Gasteiger partial charge in [0.15, 0.2) is 0 Å². The van der Waals surface area contributed by atoms with Crippen molar-refractivity contribution in [2.45, 2.75) is 45.9 Å². The zero-order valence-electron chi connectivity index (χ0n) is 15.1. The first-order valence-electron chi connectivity index (χ1n) is 9.15. The van der Waals surface area contributed by atoms with Crippen molar-refractivity contribution in [1.82, 2.24) is 24.6 Å². The smallest absolute Gasteiger partial charge is 0.144 e. The number of aryl methyl sites for hydroxylation is 1. The number of fused-ring (bicyclic) bond motifs is 1. The fourth-order valence-electron chi connectivity index (χ4n) is 3.28. The first-order chi connectivity index (χ1) is 12.8. The van der Waals surface area contributed by atoms with E-state index in [9.17, 15) is 0 Å². The van der Waals surface area contributed by atoms with Gasteiger partial charge in [0.25, 0.3) is 0 Å². The maximum absolute atomic E-state index is 5.92. The normalized spacial score (nSPS) is 14.3. The lowest BCUT2D eigenvalue weighted by atomic mass is 10.2. The van der Waals surface area contributed by atoms with Crippen LogP contribution in [0.25, 0.3) is 0 Å². The predicted octanol–water partition coefficient (Wildman–Crippen LogP) is 2.85. The molecule has 136 valence electrons. The fourth-order valence-corrected chi connectivity index (χ4v) is 3.28. The summed E-state index contributed by atoms with van der Waals surface area (Å²) < 4.78 is 8.03. The van der Waals surface area contributed by atoms with Gasteiger partial charge in [-0.2, -0.15) is 5.10 Å². The SMILES string of the molecule is CCCc1ccc(CN2CCn3nc(CNc4cnccn4)cc3C2)o1. The summed E-state index contributed by atoms with van der Waals surface area (Å²) in [4.78, 5) is 10.7. The Labute approximate surface area is 153 Å². The molecule has 7 nitrogen and oxygen atoms in total. The van der Waals surface area contributed by atoms with Gasteiger partial charge in [-0.3, -0.25) is 14.6 Å². The van der Waals surface area contributed by atoms with Crippen LogP contribution in [-0.2, 0) is 32.6 Å². The maximum Gasteiger partial charge on any atom is 0.144 e.